The standard InChI is InChI=1S/C19H18O/c1-19(2,16-9-4-3-5-10-16)13-15-12-14-8-6-7-11-17(14)18(15)20/h3-11,13H,12H2,1-2H3/b15-13+. The Hall–Kier alpha value is -2.15. The van der Waals surface area contributed by atoms with Gasteiger partial charge in [0.15, 0.2) is 5.78 Å². The van der Waals surface area contributed by atoms with Crippen LogP contribution >= 0.6 is 0 Å². The Morgan fingerprint density at radius 1 is 0.950 bits per heavy atom. The summed E-state index contributed by atoms with van der Waals surface area (Å²) in [5, 5.41) is 0. The van der Waals surface area contributed by atoms with Crippen LogP contribution in [-0.4, -0.2) is 5.78 Å². The average Bonchev–Trinajstić information content (AvgIpc) is 2.76. The molecule has 0 bridgehead atoms. The fourth-order valence-corrected chi connectivity index (χ4v) is 2.86. The maximum absolute atomic E-state index is 12.4. The van der Waals surface area contributed by atoms with E-state index in [9.17, 15) is 4.79 Å². The Morgan fingerprint density at radius 2 is 1.60 bits per heavy atom. The van der Waals surface area contributed by atoms with Crippen LogP contribution in [0.4, 0.5) is 0 Å². The highest BCUT2D eigenvalue weighted by molar-refractivity contribution is 6.13. The number of carbonyl (C=O) groups is 1. The van der Waals surface area contributed by atoms with Crippen LogP contribution in [0.15, 0.2) is 66.2 Å². The molecule has 0 saturated heterocycles. The second-order valence-corrected chi connectivity index (χ2v) is 5.92. The number of rotatable bonds is 2. The zero-order valence-electron chi connectivity index (χ0n) is 11.9. The molecule has 2 aromatic carbocycles. The van der Waals surface area contributed by atoms with Crippen LogP contribution in [0.3, 0.4) is 0 Å². The fraction of sp³-hybridized carbons (Fsp3) is 0.211. The first kappa shape index (κ1) is 12.9. The molecule has 1 aliphatic rings. The van der Waals surface area contributed by atoms with Crippen LogP contribution in [-0.2, 0) is 11.8 Å². The lowest BCUT2D eigenvalue weighted by Gasteiger charge is -2.21. The highest BCUT2D eigenvalue weighted by Gasteiger charge is 2.27. The van der Waals surface area contributed by atoms with E-state index in [0.717, 1.165) is 23.1 Å². The molecule has 0 unspecified atom stereocenters. The number of benzene rings is 2. The first-order chi connectivity index (χ1) is 9.58. The minimum absolute atomic E-state index is 0.131. The van der Waals surface area contributed by atoms with Crippen LogP contribution in [0.5, 0.6) is 0 Å². The molecule has 1 heteroatoms. The summed E-state index contributed by atoms with van der Waals surface area (Å²) in [5.41, 5.74) is 4.03. The molecule has 0 amide bonds. The molecule has 0 saturated carbocycles. The van der Waals surface area contributed by atoms with E-state index in [4.69, 9.17) is 0 Å². The third kappa shape index (κ3) is 2.20. The first-order valence-electron chi connectivity index (χ1n) is 6.98. The summed E-state index contributed by atoms with van der Waals surface area (Å²) in [6.45, 7) is 4.32. The Bertz CT molecular complexity index is 678. The zero-order valence-corrected chi connectivity index (χ0v) is 11.9. The first-order valence-corrected chi connectivity index (χ1v) is 6.98. The lowest BCUT2D eigenvalue weighted by Crippen LogP contribution is -2.15. The minimum Gasteiger partial charge on any atom is -0.289 e. The molecule has 0 aromatic heterocycles. The van der Waals surface area contributed by atoms with Gasteiger partial charge >= 0.3 is 0 Å². The largest absolute Gasteiger partial charge is 0.289 e. The van der Waals surface area contributed by atoms with Gasteiger partial charge in [0.1, 0.15) is 0 Å². The number of Topliss-reactive ketones (excluding diaryl/α,β-unsaturated/α-hetero) is 1. The number of hydrogen-bond acceptors (Lipinski definition) is 1. The number of allylic oxidation sites excluding steroid dienone is 2. The van der Waals surface area contributed by atoms with Crippen molar-refractivity contribution in [3.8, 4) is 0 Å². The molecule has 0 spiro atoms. The van der Waals surface area contributed by atoms with Gasteiger partial charge in [0.25, 0.3) is 0 Å². The summed E-state index contributed by atoms with van der Waals surface area (Å²) in [7, 11) is 0. The summed E-state index contributed by atoms with van der Waals surface area (Å²) >= 11 is 0. The summed E-state index contributed by atoms with van der Waals surface area (Å²) in [6.07, 6.45) is 2.88. The summed E-state index contributed by atoms with van der Waals surface area (Å²) in [5.74, 6) is 0.185. The zero-order chi connectivity index (χ0) is 14.2. The molecule has 0 atom stereocenters. The quantitative estimate of drug-likeness (QED) is 0.736. The van der Waals surface area contributed by atoms with Gasteiger partial charge in [0.2, 0.25) is 0 Å². The number of carbonyl (C=O) groups excluding carboxylic acids is 1. The molecule has 20 heavy (non-hydrogen) atoms. The van der Waals surface area contributed by atoms with E-state index in [1.807, 2.05) is 42.5 Å². The maximum Gasteiger partial charge on any atom is 0.189 e. The van der Waals surface area contributed by atoms with Gasteiger partial charge in [-0.2, -0.15) is 0 Å². The van der Waals surface area contributed by atoms with Crippen molar-refractivity contribution in [3.63, 3.8) is 0 Å². The lowest BCUT2D eigenvalue weighted by molar-refractivity contribution is 0.103. The predicted octanol–water partition coefficient (Wildman–Crippen LogP) is 4.33. The summed E-state index contributed by atoms with van der Waals surface area (Å²) in [4.78, 5) is 12.4. The highest BCUT2D eigenvalue weighted by atomic mass is 16.1. The van der Waals surface area contributed by atoms with Gasteiger partial charge in [0, 0.05) is 23.0 Å². The van der Waals surface area contributed by atoms with Gasteiger partial charge in [-0.3, -0.25) is 4.79 Å². The van der Waals surface area contributed by atoms with Crippen molar-refractivity contribution in [1.29, 1.82) is 0 Å². The number of hydrogen-bond donors (Lipinski definition) is 0. The van der Waals surface area contributed by atoms with E-state index in [1.54, 1.807) is 0 Å². The molecule has 3 rings (SSSR count). The van der Waals surface area contributed by atoms with Crippen LogP contribution < -0.4 is 0 Å². The van der Waals surface area contributed by atoms with E-state index >= 15 is 0 Å². The molecule has 0 fully saturated rings. The van der Waals surface area contributed by atoms with Gasteiger partial charge in [-0.05, 0) is 11.1 Å². The SMILES string of the molecule is CC(C)(/C=C1\Cc2ccccc2C1=O)c1ccccc1. The van der Waals surface area contributed by atoms with Crippen LogP contribution in [0, 0.1) is 0 Å². The number of ketones is 1. The van der Waals surface area contributed by atoms with Crippen molar-refractivity contribution in [2.45, 2.75) is 25.7 Å². The molecule has 0 heterocycles. The van der Waals surface area contributed by atoms with Crippen molar-refractivity contribution in [2.75, 3.05) is 0 Å². The van der Waals surface area contributed by atoms with Crippen LogP contribution in [0.25, 0.3) is 0 Å². The molecule has 1 nitrogen and oxygen atoms in total. The van der Waals surface area contributed by atoms with Gasteiger partial charge in [0.05, 0.1) is 0 Å². The highest BCUT2D eigenvalue weighted by Crippen LogP contribution is 2.32. The normalized spacial score (nSPS) is 16.5. The van der Waals surface area contributed by atoms with Crippen molar-refractivity contribution < 1.29 is 4.79 Å². The van der Waals surface area contributed by atoms with E-state index in [2.05, 4.69) is 32.1 Å². The predicted molar refractivity (Wildman–Crippen MR) is 82.0 cm³/mol. The Balaban J connectivity index is 1.97. The molecule has 0 N–H and O–H groups in total. The molecule has 2 aromatic rings. The molecular formula is C19H18O. The topological polar surface area (TPSA) is 17.1 Å². The smallest absolute Gasteiger partial charge is 0.189 e. The second-order valence-electron chi connectivity index (χ2n) is 5.92. The van der Waals surface area contributed by atoms with Gasteiger partial charge in [-0.15, -0.1) is 0 Å². The van der Waals surface area contributed by atoms with E-state index < -0.39 is 0 Å². The second kappa shape index (κ2) is 4.75. The van der Waals surface area contributed by atoms with E-state index in [-0.39, 0.29) is 11.2 Å². The monoisotopic (exact) mass is 262 g/mol. The average molecular weight is 262 g/mol. The van der Waals surface area contributed by atoms with Gasteiger partial charge < -0.3 is 0 Å². The Labute approximate surface area is 120 Å². The van der Waals surface area contributed by atoms with Gasteiger partial charge in [-0.1, -0.05) is 74.5 Å². The minimum atomic E-state index is -0.131. The third-order valence-electron chi connectivity index (χ3n) is 3.99. The molecule has 0 radical (unpaired) electrons. The van der Waals surface area contributed by atoms with Crippen molar-refractivity contribution in [3.05, 3.63) is 82.9 Å². The van der Waals surface area contributed by atoms with Crippen molar-refractivity contribution in [1.82, 2.24) is 0 Å². The van der Waals surface area contributed by atoms with Crippen LogP contribution in [0.2, 0.25) is 0 Å². The van der Waals surface area contributed by atoms with E-state index in [1.165, 1.54) is 5.56 Å². The molecular weight excluding hydrogens is 244 g/mol. The fourth-order valence-electron chi connectivity index (χ4n) is 2.86. The summed E-state index contributed by atoms with van der Waals surface area (Å²) < 4.78 is 0. The Morgan fingerprint density at radius 3 is 2.30 bits per heavy atom. The maximum atomic E-state index is 12.4. The van der Waals surface area contributed by atoms with Gasteiger partial charge in [-0.25, -0.2) is 0 Å². The summed E-state index contributed by atoms with van der Waals surface area (Å²) in [6, 6.07) is 18.2. The van der Waals surface area contributed by atoms with Crippen molar-refractivity contribution >= 4 is 5.78 Å². The molecule has 1 aliphatic carbocycles. The molecule has 100 valence electrons. The third-order valence-corrected chi connectivity index (χ3v) is 3.99. The Kier molecular flexibility index (Phi) is 3.06. The van der Waals surface area contributed by atoms with E-state index in [0.29, 0.717) is 0 Å². The molecule has 0 aliphatic heterocycles. The van der Waals surface area contributed by atoms with Crippen LogP contribution in [0.1, 0.15) is 35.3 Å². The lowest BCUT2D eigenvalue weighted by atomic mass is 9.82. The number of fused-ring (bicyclic) bond motifs is 1. The van der Waals surface area contributed by atoms with Crippen molar-refractivity contribution in [2.24, 2.45) is 0 Å².